The summed E-state index contributed by atoms with van der Waals surface area (Å²) in [5.74, 6) is -5.24. The Balaban J connectivity index is 1.45. The SMILES string of the molecule is Cc1ccc2c(CC(=O)N3CCN(S(=O)(=O)c4ccc(F)c(F)c4F)CC3)coc2c1C. The molecule has 32 heavy (non-hydrogen) atoms. The molecule has 0 atom stereocenters. The first-order valence-electron chi connectivity index (χ1n) is 9.99. The molecule has 3 aromatic rings. The second-order valence-electron chi connectivity index (χ2n) is 7.78. The van der Waals surface area contributed by atoms with Gasteiger partial charge in [0, 0.05) is 37.1 Å². The molecule has 2 aromatic carbocycles. The van der Waals surface area contributed by atoms with Gasteiger partial charge in [0.1, 0.15) is 10.5 Å². The lowest BCUT2D eigenvalue weighted by Crippen LogP contribution is -2.51. The van der Waals surface area contributed by atoms with Crippen LogP contribution in [0.5, 0.6) is 0 Å². The molecule has 1 fully saturated rings. The van der Waals surface area contributed by atoms with Crippen LogP contribution in [0.25, 0.3) is 11.0 Å². The monoisotopic (exact) mass is 466 g/mol. The summed E-state index contributed by atoms with van der Waals surface area (Å²) in [5, 5.41) is 0.858. The van der Waals surface area contributed by atoms with Crippen molar-refractivity contribution >= 4 is 26.9 Å². The van der Waals surface area contributed by atoms with Gasteiger partial charge in [-0.3, -0.25) is 4.79 Å². The smallest absolute Gasteiger partial charge is 0.246 e. The predicted molar refractivity (Wildman–Crippen MR) is 111 cm³/mol. The van der Waals surface area contributed by atoms with E-state index in [4.69, 9.17) is 4.42 Å². The van der Waals surface area contributed by atoms with E-state index in [1.54, 1.807) is 6.26 Å². The van der Waals surface area contributed by atoms with Crippen molar-refractivity contribution in [3.8, 4) is 0 Å². The standard InChI is InChI=1S/C22H21F3N2O4S/c1-13-3-4-16-15(12-31-22(16)14(13)2)11-19(28)26-7-9-27(10-8-26)32(29,30)18-6-5-17(23)20(24)21(18)25/h3-6,12H,7-11H2,1-2H3. The number of sulfonamides is 1. The van der Waals surface area contributed by atoms with Gasteiger partial charge >= 0.3 is 0 Å². The molecule has 10 heteroatoms. The quantitative estimate of drug-likeness (QED) is 0.552. The number of carbonyl (C=O) groups excluding carboxylic acids is 1. The highest BCUT2D eigenvalue weighted by molar-refractivity contribution is 7.89. The molecule has 0 bridgehead atoms. The van der Waals surface area contributed by atoms with E-state index in [0.29, 0.717) is 12.1 Å². The van der Waals surface area contributed by atoms with Gasteiger partial charge < -0.3 is 9.32 Å². The minimum Gasteiger partial charge on any atom is -0.464 e. The van der Waals surface area contributed by atoms with Gasteiger partial charge in [-0.25, -0.2) is 21.6 Å². The zero-order valence-corrected chi connectivity index (χ0v) is 18.3. The molecule has 0 unspecified atom stereocenters. The molecule has 0 spiro atoms. The van der Waals surface area contributed by atoms with Crippen molar-refractivity contribution in [2.24, 2.45) is 0 Å². The highest BCUT2D eigenvalue weighted by Gasteiger charge is 2.33. The van der Waals surface area contributed by atoms with Gasteiger partial charge in [0.2, 0.25) is 15.9 Å². The molecular formula is C22H21F3N2O4S. The molecule has 4 rings (SSSR count). The van der Waals surface area contributed by atoms with Crippen LogP contribution in [-0.4, -0.2) is 49.7 Å². The van der Waals surface area contributed by atoms with Crippen molar-refractivity contribution in [3.63, 3.8) is 0 Å². The molecule has 0 N–H and O–H groups in total. The third-order valence-electron chi connectivity index (χ3n) is 5.89. The average molecular weight is 466 g/mol. The third-order valence-corrected chi connectivity index (χ3v) is 7.81. The van der Waals surface area contributed by atoms with Crippen LogP contribution in [0.3, 0.4) is 0 Å². The molecule has 1 aliphatic heterocycles. The minimum absolute atomic E-state index is 0.0864. The zero-order valence-electron chi connectivity index (χ0n) is 17.5. The van der Waals surface area contributed by atoms with E-state index in [-0.39, 0.29) is 38.5 Å². The van der Waals surface area contributed by atoms with Crippen LogP contribution in [0.1, 0.15) is 16.7 Å². The number of benzene rings is 2. The Hall–Kier alpha value is -2.85. The van der Waals surface area contributed by atoms with Gasteiger partial charge in [-0.15, -0.1) is 0 Å². The van der Waals surface area contributed by atoms with Crippen LogP contribution in [0.2, 0.25) is 0 Å². The van der Waals surface area contributed by atoms with Crippen molar-refractivity contribution in [2.75, 3.05) is 26.2 Å². The molecule has 2 heterocycles. The fourth-order valence-electron chi connectivity index (χ4n) is 3.82. The largest absolute Gasteiger partial charge is 0.464 e. The summed E-state index contributed by atoms with van der Waals surface area (Å²) in [6.07, 6.45) is 1.65. The summed E-state index contributed by atoms with van der Waals surface area (Å²) in [5.41, 5.74) is 3.56. The molecule has 1 saturated heterocycles. The topological polar surface area (TPSA) is 70.8 Å². The van der Waals surface area contributed by atoms with Crippen molar-refractivity contribution in [2.45, 2.75) is 25.2 Å². The molecule has 0 aliphatic carbocycles. The second-order valence-corrected chi connectivity index (χ2v) is 9.69. The van der Waals surface area contributed by atoms with Gasteiger partial charge in [-0.1, -0.05) is 12.1 Å². The average Bonchev–Trinajstić information content (AvgIpc) is 3.17. The van der Waals surface area contributed by atoms with E-state index < -0.39 is 32.4 Å². The lowest BCUT2D eigenvalue weighted by Gasteiger charge is -2.34. The number of hydrogen-bond acceptors (Lipinski definition) is 4. The molecule has 170 valence electrons. The number of carbonyl (C=O) groups is 1. The predicted octanol–water partition coefficient (Wildman–Crippen LogP) is 3.54. The van der Waals surface area contributed by atoms with Gasteiger partial charge in [0.15, 0.2) is 17.5 Å². The van der Waals surface area contributed by atoms with E-state index >= 15 is 0 Å². The number of rotatable bonds is 4. The van der Waals surface area contributed by atoms with E-state index in [2.05, 4.69) is 0 Å². The van der Waals surface area contributed by atoms with Gasteiger partial charge in [-0.2, -0.15) is 4.31 Å². The maximum atomic E-state index is 14.0. The molecule has 6 nitrogen and oxygen atoms in total. The van der Waals surface area contributed by atoms with Crippen molar-refractivity contribution < 1.29 is 30.8 Å². The van der Waals surface area contributed by atoms with Crippen LogP contribution in [-0.2, 0) is 21.2 Å². The summed E-state index contributed by atoms with van der Waals surface area (Å²) in [7, 11) is -4.37. The Morgan fingerprint density at radius 3 is 2.38 bits per heavy atom. The van der Waals surface area contributed by atoms with Crippen LogP contribution in [0.4, 0.5) is 13.2 Å². The number of amides is 1. The number of nitrogens with zero attached hydrogens (tertiary/aromatic N) is 2. The number of aryl methyl sites for hydroxylation is 2. The van der Waals surface area contributed by atoms with Crippen LogP contribution >= 0.6 is 0 Å². The maximum Gasteiger partial charge on any atom is 0.246 e. The Morgan fingerprint density at radius 2 is 1.69 bits per heavy atom. The lowest BCUT2D eigenvalue weighted by molar-refractivity contribution is -0.131. The summed E-state index contributed by atoms with van der Waals surface area (Å²) in [6.45, 7) is 3.94. The summed E-state index contributed by atoms with van der Waals surface area (Å²) < 4.78 is 72.7. The molecule has 1 aromatic heterocycles. The number of hydrogen-bond donors (Lipinski definition) is 0. The summed E-state index contributed by atoms with van der Waals surface area (Å²) >= 11 is 0. The van der Waals surface area contributed by atoms with Crippen LogP contribution in [0, 0.1) is 31.3 Å². The fourth-order valence-corrected chi connectivity index (χ4v) is 5.30. The first-order valence-corrected chi connectivity index (χ1v) is 11.4. The number of piperazine rings is 1. The van der Waals surface area contributed by atoms with Crippen molar-refractivity contribution in [1.82, 2.24) is 9.21 Å². The van der Waals surface area contributed by atoms with Gasteiger partial charge in [0.25, 0.3) is 0 Å². The Labute approximate surface area is 183 Å². The fraction of sp³-hybridized carbons (Fsp3) is 0.318. The molecule has 1 aliphatic rings. The number of fused-ring (bicyclic) bond motifs is 1. The first kappa shape index (κ1) is 22.3. The summed E-state index contributed by atoms with van der Waals surface area (Å²) in [4.78, 5) is 13.4. The number of furan rings is 1. The molecule has 1 amide bonds. The van der Waals surface area contributed by atoms with E-state index in [0.717, 1.165) is 32.0 Å². The molecular weight excluding hydrogens is 445 g/mol. The Bertz CT molecular complexity index is 1310. The highest BCUT2D eigenvalue weighted by atomic mass is 32.2. The normalized spacial score (nSPS) is 15.5. The zero-order chi connectivity index (χ0) is 23.2. The van der Waals surface area contributed by atoms with Crippen molar-refractivity contribution in [1.29, 1.82) is 0 Å². The van der Waals surface area contributed by atoms with Gasteiger partial charge in [0.05, 0.1) is 12.7 Å². The Kier molecular flexibility index (Phi) is 5.76. The minimum atomic E-state index is -4.37. The second kappa shape index (κ2) is 8.25. The van der Waals surface area contributed by atoms with Crippen LogP contribution < -0.4 is 0 Å². The molecule has 0 saturated carbocycles. The Morgan fingerprint density at radius 1 is 1.00 bits per heavy atom. The van der Waals surface area contributed by atoms with Crippen LogP contribution in [0.15, 0.2) is 39.8 Å². The maximum absolute atomic E-state index is 14.0. The molecule has 0 radical (unpaired) electrons. The highest BCUT2D eigenvalue weighted by Crippen LogP contribution is 2.28. The third kappa shape index (κ3) is 3.77. The first-order chi connectivity index (χ1) is 15.1. The van der Waals surface area contributed by atoms with E-state index in [1.807, 2.05) is 26.0 Å². The lowest BCUT2D eigenvalue weighted by atomic mass is 10.0. The number of halogens is 3. The summed E-state index contributed by atoms with van der Waals surface area (Å²) in [6, 6.07) is 5.14. The van der Waals surface area contributed by atoms with Crippen molar-refractivity contribution in [3.05, 3.63) is 64.7 Å². The van der Waals surface area contributed by atoms with E-state index in [1.165, 1.54) is 4.90 Å². The van der Waals surface area contributed by atoms with E-state index in [9.17, 15) is 26.4 Å². The van der Waals surface area contributed by atoms with Gasteiger partial charge in [-0.05, 0) is 37.1 Å².